The molecule has 4 nitrogen and oxygen atoms in total. The minimum atomic E-state index is -4.83. The van der Waals surface area contributed by atoms with Gasteiger partial charge in [0.2, 0.25) is 0 Å². The SMILES string of the molecule is Cc1ccc([C@@H]2CN(Cc3cccc(OC(F)(F)F)c3)c3ccccc3N2C[C@@H](O)C(F)(F)F)cc1. The van der Waals surface area contributed by atoms with Crippen LogP contribution in [-0.4, -0.2) is 36.8 Å². The highest BCUT2D eigenvalue weighted by Crippen LogP contribution is 2.42. The van der Waals surface area contributed by atoms with Crippen molar-refractivity contribution in [3.8, 4) is 5.75 Å². The first-order valence-electron chi connectivity index (χ1n) is 11.2. The minimum Gasteiger partial charge on any atom is -0.406 e. The number of aliphatic hydroxyl groups excluding tert-OH is 1. The second kappa shape index (κ2) is 9.93. The Morgan fingerprint density at radius 3 is 2.22 bits per heavy atom. The van der Waals surface area contributed by atoms with Crippen LogP contribution in [0.15, 0.2) is 72.8 Å². The molecule has 0 saturated carbocycles. The van der Waals surface area contributed by atoms with Gasteiger partial charge in [0.1, 0.15) is 5.75 Å². The molecule has 1 heterocycles. The van der Waals surface area contributed by atoms with Gasteiger partial charge in [-0.2, -0.15) is 13.2 Å². The Kier molecular flexibility index (Phi) is 7.08. The van der Waals surface area contributed by atoms with Gasteiger partial charge in [0.05, 0.1) is 24.0 Å². The van der Waals surface area contributed by atoms with Crippen molar-refractivity contribution in [2.45, 2.75) is 38.2 Å². The third-order valence-corrected chi connectivity index (χ3v) is 6.02. The zero-order valence-electron chi connectivity index (χ0n) is 19.2. The number of rotatable bonds is 6. The van der Waals surface area contributed by atoms with E-state index in [1.165, 1.54) is 23.1 Å². The molecule has 10 heteroatoms. The van der Waals surface area contributed by atoms with E-state index < -0.39 is 31.2 Å². The number of anilines is 2. The molecule has 0 aliphatic carbocycles. The number of aryl methyl sites for hydroxylation is 1. The van der Waals surface area contributed by atoms with E-state index in [0.717, 1.165) is 11.1 Å². The molecule has 3 aromatic carbocycles. The van der Waals surface area contributed by atoms with Gasteiger partial charge in [0.25, 0.3) is 0 Å². The number of hydrogen-bond donors (Lipinski definition) is 1. The van der Waals surface area contributed by atoms with Gasteiger partial charge in [-0.05, 0) is 42.3 Å². The molecule has 36 heavy (non-hydrogen) atoms. The number of nitrogens with zero attached hydrogens (tertiary/aromatic N) is 2. The van der Waals surface area contributed by atoms with Crippen LogP contribution in [-0.2, 0) is 6.54 Å². The van der Waals surface area contributed by atoms with Crippen molar-refractivity contribution in [3.63, 3.8) is 0 Å². The number of ether oxygens (including phenoxy) is 1. The summed E-state index contributed by atoms with van der Waals surface area (Å²) in [4.78, 5) is 3.45. The lowest BCUT2D eigenvalue weighted by Gasteiger charge is -2.45. The summed E-state index contributed by atoms with van der Waals surface area (Å²) >= 11 is 0. The third-order valence-electron chi connectivity index (χ3n) is 6.02. The van der Waals surface area contributed by atoms with Crippen molar-refractivity contribution in [3.05, 3.63) is 89.5 Å². The van der Waals surface area contributed by atoms with Crippen LogP contribution < -0.4 is 14.5 Å². The molecule has 1 aliphatic rings. The van der Waals surface area contributed by atoms with Gasteiger partial charge in [0, 0.05) is 13.1 Å². The maximum atomic E-state index is 13.3. The first kappa shape index (κ1) is 25.7. The van der Waals surface area contributed by atoms with Crippen molar-refractivity contribution in [2.24, 2.45) is 0 Å². The van der Waals surface area contributed by atoms with Crippen LogP contribution in [0.5, 0.6) is 5.75 Å². The molecule has 0 spiro atoms. The van der Waals surface area contributed by atoms with E-state index in [2.05, 4.69) is 4.74 Å². The standard InChI is InChI=1S/C26H24F6N2O2/c1-17-9-11-19(12-10-17)23-15-33(14-18-5-4-6-20(13-18)36-26(30,31)32)21-7-2-3-8-22(21)34(23)16-24(35)25(27,28)29/h2-13,23-24,35H,14-16H2,1H3/t23-,24+/m0/s1. The molecule has 0 bridgehead atoms. The molecule has 3 aromatic rings. The fourth-order valence-electron chi connectivity index (χ4n) is 4.35. The van der Waals surface area contributed by atoms with Crippen LogP contribution in [0.3, 0.4) is 0 Å². The van der Waals surface area contributed by atoms with E-state index in [-0.39, 0.29) is 18.8 Å². The Bertz CT molecular complexity index is 1180. The fourth-order valence-corrected chi connectivity index (χ4v) is 4.35. The first-order chi connectivity index (χ1) is 16.9. The summed E-state index contributed by atoms with van der Waals surface area (Å²) in [5, 5.41) is 9.91. The van der Waals surface area contributed by atoms with E-state index in [4.69, 9.17) is 0 Å². The number of benzene rings is 3. The monoisotopic (exact) mass is 510 g/mol. The van der Waals surface area contributed by atoms with Gasteiger partial charge in [-0.3, -0.25) is 0 Å². The van der Waals surface area contributed by atoms with Crippen LogP contribution in [0.25, 0.3) is 0 Å². The number of para-hydroxylation sites is 2. The second-order valence-corrected chi connectivity index (χ2v) is 8.70. The summed E-state index contributed by atoms with van der Waals surface area (Å²) in [6, 6.07) is 19.3. The maximum Gasteiger partial charge on any atom is 0.573 e. The topological polar surface area (TPSA) is 35.9 Å². The molecule has 0 fully saturated rings. The highest BCUT2D eigenvalue weighted by molar-refractivity contribution is 5.74. The zero-order valence-corrected chi connectivity index (χ0v) is 19.2. The Balaban J connectivity index is 1.71. The van der Waals surface area contributed by atoms with Crippen molar-refractivity contribution in [2.75, 3.05) is 22.9 Å². The van der Waals surface area contributed by atoms with Gasteiger partial charge in [-0.15, -0.1) is 13.2 Å². The number of alkyl halides is 6. The number of fused-ring (bicyclic) bond motifs is 1. The largest absolute Gasteiger partial charge is 0.573 e. The van der Waals surface area contributed by atoms with Crippen molar-refractivity contribution in [1.29, 1.82) is 0 Å². The predicted octanol–water partition coefficient (Wildman–Crippen LogP) is 6.38. The van der Waals surface area contributed by atoms with Gasteiger partial charge in [0.15, 0.2) is 6.10 Å². The van der Waals surface area contributed by atoms with Gasteiger partial charge in [-0.1, -0.05) is 54.1 Å². The highest BCUT2D eigenvalue weighted by Gasteiger charge is 2.42. The number of aliphatic hydroxyl groups is 1. The summed E-state index contributed by atoms with van der Waals surface area (Å²) in [5.74, 6) is -0.352. The maximum absolute atomic E-state index is 13.3. The lowest BCUT2D eigenvalue weighted by molar-refractivity contribution is -0.274. The predicted molar refractivity (Wildman–Crippen MR) is 124 cm³/mol. The van der Waals surface area contributed by atoms with Gasteiger partial charge >= 0.3 is 12.5 Å². The molecule has 0 radical (unpaired) electrons. The molecule has 192 valence electrons. The van der Waals surface area contributed by atoms with E-state index in [1.807, 2.05) is 36.1 Å². The molecule has 2 atom stereocenters. The molecule has 0 saturated heterocycles. The smallest absolute Gasteiger partial charge is 0.406 e. The Morgan fingerprint density at radius 2 is 1.58 bits per heavy atom. The first-order valence-corrected chi connectivity index (χ1v) is 11.2. The van der Waals surface area contributed by atoms with Crippen molar-refractivity contribution >= 4 is 11.4 Å². The summed E-state index contributed by atoms with van der Waals surface area (Å²) < 4.78 is 82.0. The van der Waals surface area contributed by atoms with Gasteiger partial charge < -0.3 is 19.6 Å². The molecule has 1 N–H and O–H groups in total. The molecular formula is C26H24F6N2O2. The lowest BCUT2D eigenvalue weighted by atomic mass is 9.97. The summed E-state index contributed by atoms with van der Waals surface area (Å²) in [7, 11) is 0. The lowest BCUT2D eigenvalue weighted by Crippen LogP contribution is -2.49. The number of halogens is 6. The second-order valence-electron chi connectivity index (χ2n) is 8.70. The summed E-state index contributed by atoms with van der Waals surface area (Å²) in [5.41, 5.74) is 3.37. The van der Waals surface area contributed by atoms with Crippen LogP contribution in [0, 0.1) is 6.92 Å². The van der Waals surface area contributed by atoms with E-state index in [1.54, 1.807) is 30.3 Å². The molecule has 4 rings (SSSR count). The molecule has 0 aromatic heterocycles. The van der Waals surface area contributed by atoms with Crippen molar-refractivity contribution < 1.29 is 36.2 Å². The average Bonchev–Trinajstić information content (AvgIpc) is 2.79. The summed E-state index contributed by atoms with van der Waals surface area (Å²) in [6.45, 7) is 1.67. The number of hydrogen-bond acceptors (Lipinski definition) is 4. The fraction of sp³-hybridized carbons (Fsp3) is 0.308. The average molecular weight is 510 g/mol. The molecule has 0 amide bonds. The number of β-amino-alcohol motifs (C(OH)–C–C–N with tert-alkyl or cyclic N) is 1. The Hall–Kier alpha value is -3.40. The van der Waals surface area contributed by atoms with E-state index in [0.29, 0.717) is 16.9 Å². The van der Waals surface area contributed by atoms with Crippen LogP contribution in [0.1, 0.15) is 22.7 Å². The quantitative estimate of drug-likeness (QED) is 0.390. The molecule has 1 aliphatic heterocycles. The van der Waals surface area contributed by atoms with Crippen molar-refractivity contribution in [1.82, 2.24) is 0 Å². The van der Waals surface area contributed by atoms with Crippen LogP contribution >= 0.6 is 0 Å². The minimum absolute atomic E-state index is 0.199. The summed E-state index contributed by atoms with van der Waals surface area (Å²) in [6.07, 6.45) is -12.2. The normalized spacial score (nSPS) is 17.1. The van der Waals surface area contributed by atoms with Gasteiger partial charge in [-0.25, -0.2) is 0 Å². The van der Waals surface area contributed by atoms with E-state index >= 15 is 0 Å². The van der Waals surface area contributed by atoms with Crippen LogP contribution in [0.4, 0.5) is 37.7 Å². The third kappa shape index (κ3) is 6.04. The van der Waals surface area contributed by atoms with Crippen LogP contribution in [0.2, 0.25) is 0 Å². The molecular weight excluding hydrogens is 486 g/mol. The Morgan fingerprint density at radius 1 is 0.917 bits per heavy atom. The van der Waals surface area contributed by atoms with E-state index in [9.17, 15) is 31.4 Å². The molecule has 0 unspecified atom stereocenters. The zero-order chi connectivity index (χ0) is 26.1. The Labute approximate surface area is 204 Å². The highest BCUT2D eigenvalue weighted by atomic mass is 19.4.